The fraction of sp³-hybridized carbons (Fsp3) is 0.0182. The Morgan fingerprint density at radius 3 is 1.53 bits per heavy atom. The van der Waals surface area contributed by atoms with E-state index in [1.807, 2.05) is 0 Å². The quantitative estimate of drug-likeness (QED) is 0.165. The van der Waals surface area contributed by atoms with Gasteiger partial charge < -0.3 is 14.0 Å². The van der Waals surface area contributed by atoms with Gasteiger partial charge >= 0.3 is 0 Å². The fourth-order valence-electron chi connectivity index (χ4n) is 10.0. The minimum Gasteiger partial charge on any atom is -0.322 e. The number of hydrogen-bond acceptors (Lipinski definition) is 1. The lowest BCUT2D eigenvalue weighted by Gasteiger charge is -2.36. The first-order valence-electron chi connectivity index (χ1n) is 20.0. The van der Waals surface area contributed by atoms with Gasteiger partial charge in [0.1, 0.15) is 5.54 Å². The summed E-state index contributed by atoms with van der Waals surface area (Å²) in [6.07, 6.45) is 0. The highest BCUT2D eigenvalue weighted by Gasteiger charge is 2.47. The van der Waals surface area contributed by atoms with Crippen molar-refractivity contribution in [3.8, 4) is 16.8 Å². The second kappa shape index (κ2) is 12.7. The summed E-state index contributed by atoms with van der Waals surface area (Å²) in [5.74, 6) is 0. The molecule has 0 atom stereocenters. The molecule has 2 aromatic heterocycles. The van der Waals surface area contributed by atoms with E-state index >= 15 is 0 Å². The van der Waals surface area contributed by atoms with Gasteiger partial charge in [-0.3, -0.25) is 0 Å². The Bertz CT molecular complexity index is 3290. The number of hydrogen-bond donors (Lipinski definition) is 0. The monoisotopic (exact) mass is 739 g/mol. The van der Waals surface area contributed by atoms with Crippen LogP contribution in [0.3, 0.4) is 0 Å². The van der Waals surface area contributed by atoms with Crippen molar-refractivity contribution >= 4 is 60.7 Å². The highest BCUT2D eigenvalue weighted by atomic mass is 15.2. The molecule has 0 aliphatic heterocycles. The summed E-state index contributed by atoms with van der Waals surface area (Å²) < 4.78 is 5.02. The topological polar surface area (TPSA) is 13.1 Å². The highest BCUT2D eigenvalue weighted by molar-refractivity contribution is 6.12. The molecule has 9 aromatic carbocycles. The van der Waals surface area contributed by atoms with Gasteiger partial charge in [-0.1, -0.05) is 158 Å². The maximum Gasteiger partial charge on any atom is 0.122 e. The molecule has 0 saturated heterocycles. The molecule has 3 heteroatoms. The Morgan fingerprint density at radius 2 is 0.828 bits per heavy atom. The average Bonchev–Trinajstić information content (AvgIpc) is 3.91. The van der Waals surface area contributed by atoms with Gasteiger partial charge in [-0.2, -0.15) is 0 Å². The number of nitrogens with zero attached hydrogens (tertiary/aromatic N) is 3. The molecular weight excluding hydrogens is 703 g/mol. The lowest BCUT2D eigenvalue weighted by atomic mass is 9.80. The third-order valence-electron chi connectivity index (χ3n) is 12.3. The molecule has 2 heterocycles. The molecule has 0 fully saturated rings. The van der Waals surface area contributed by atoms with Gasteiger partial charge in [-0.15, -0.1) is 0 Å². The van der Waals surface area contributed by atoms with Crippen molar-refractivity contribution in [2.24, 2.45) is 0 Å². The molecule has 0 saturated carbocycles. The number of aromatic nitrogens is 2. The first kappa shape index (κ1) is 32.6. The normalized spacial score (nSPS) is 13.0. The van der Waals surface area contributed by atoms with E-state index in [2.05, 4.69) is 238 Å². The molecule has 12 rings (SSSR count). The molecule has 0 bridgehead atoms. The SMILES string of the molecule is c1ccc(N(c2ccc3c(c2)c2ccccc2n3-c2ccccc2)c2ccc3c4ccccc4n(C4(c5ccccc5)c5ccccc5-c5ccccc54)c3c2)cc1. The summed E-state index contributed by atoms with van der Waals surface area (Å²) in [4.78, 5) is 2.42. The van der Waals surface area contributed by atoms with E-state index in [9.17, 15) is 0 Å². The first-order valence-corrected chi connectivity index (χ1v) is 20.0. The Labute approximate surface area is 336 Å². The van der Waals surface area contributed by atoms with Crippen LogP contribution in [0.15, 0.2) is 224 Å². The highest BCUT2D eigenvalue weighted by Crippen LogP contribution is 2.56. The van der Waals surface area contributed by atoms with E-state index in [0.29, 0.717) is 0 Å². The maximum atomic E-state index is 2.64. The minimum atomic E-state index is -0.621. The molecule has 0 radical (unpaired) electrons. The van der Waals surface area contributed by atoms with Gasteiger partial charge in [0.25, 0.3) is 0 Å². The van der Waals surface area contributed by atoms with E-state index in [0.717, 1.165) is 22.7 Å². The summed E-state index contributed by atoms with van der Waals surface area (Å²) in [6, 6.07) is 82.3. The third kappa shape index (κ3) is 4.56. The molecule has 0 unspecified atom stereocenters. The van der Waals surface area contributed by atoms with Crippen molar-refractivity contribution in [1.82, 2.24) is 9.13 Å². The molecule has 11 aromatic rings. The number of rotatable bonds is 6. The van der Waals surface area contributed by atoms with Crippen LogP contribution >= 0.6 is 0 Å². The van der Waals surface area contributed by atoms with Crippen LogP contribution in [0.5, 0.6) is 0 Å². The Morgan fingerprint density at radius 1 is 0.328 bits per heavy atom. The van der Waals surface area contributed by atoms with Gasteiger partial charge in [-0.05, 0) is 94.5 Å². The van der Waals surface area contributed by atoms with Gasteiger partial charge in [-0.25, -0.2) is 0 Å². The lowest BCUT2D eigenvalue weighted by Crippen LogP contribution is -2.35. The van der Waals surface area contributed by atoms with Gasteiger partial charge in [0, 0.05) is 44.3 Å². The summed E-state index contributed by atoms with van der Waals surface area (Å²) in [6.45, 7) is 0. The number of fused-ring (bicyclic) bond motifs is 9. The molecular formula is C55H37N3. The van der Waals surface area contributed by atoms with Crippen molar-refractivity contribution in [3.63, 3.8) is 0 Å². The van der Waals surface area contributed by atoms with Crippen LogP contribution in [0.1, 0.15) is 16.7 Å². The van der Waals surface area contributed by atoms with Crippen LogP contribution in [0, 0.1) is 0 Å². The molecule has 0 spiro atoms. The fourth-order valence-corrected chi connectivity index (χ4v) is 10.0. The molecule has 0 amide bonds. The second-order valence-electron chi connectivity index (χ2n) is 15.3. The summed E-state index contributed by atoms with van der Waals surface area (Å²) in [5.41, 5.74) is 15.0. The van der Waals surface area contributed by atoms with E-state index < -0.39 is 5.54 Å². The zero-order valence-electron chi connectivity index (χ0n) is 31.7. The number of benzene rings is 9. The van der Waals surface area contributed by atoms with Crippen LogP contribution in [-0.2, 0) is 5.54 Å². The number of anilines is 3. The molecule has 1 aliphatic carbocycles. The zero-order chi connectivity index (χ0) is 38.2. The third-order valence-corrected chi connectivity index (χ3v) is 12.3. The van der Waals surface area contributed by atoms with Crippen LogP contribution < -0.4 is 4.90 Å². The molecule has 0 N–H and O–H groups in total. The van der Waals surface area contributed by atoms with E-state index in [-0.39, 0.29) is 0 Å². The van der Waals surface area contributed by atoms with Crippen molar-refractivity contribution in [2.75, 3.05) is 4.90 Å². The maximum absolute atomic E-state index is 2.64. The van der Waals surface area contributed by atoms with E-state index in [1.165, 1.54) is 71.4 Å². The van der Waals surface area contributed by atoms with Crippen LogP contribution in [0.2, 0.25) is 0 Å². The van der Waals surface area contributed by atoms with Crippen molar-refractivity contribution in [2.45, 2.75) is 5.54 Å². The van der Waals surface area contributed by atoms with Crippen molar-refractivity contribution in [3.05, 3.63) is 241 Å². The van der Waals surface area contributed by atoms with Gasteiger partial charge in [0.2, 0.25) is 0 Å². The van der Waals surface area contributed by atoms with Crippen LogP contribution in [0.4, 0.5) is 17.1 Å². The lowest BCUT2D eigenvalue weighted by molar-refractivity contribution is 0.564. The van der Waals surface area contributed by atoms with E-state index in [4.69, 9.17) is 0 Å². The standard InChI is InChI=1S/C55H37N3/c1-4-18-38(19-5-1)55(49-28-14-10-24-43(49)44-25-11-15-29-50(44)55)58-53-31-17-13-26-45(53)47-34-32-42(37-54(47)58)56(39-20-6-2-7-21-39)41-33-35-52-48(36-41)46-27-12-16-30-51(46)57(52)40-22-8-3-9-23-40/h1-37H. The molecule has 58 heavy (non-hydrogen) atoms. The first-order chi connectivity index (χ1) is 28.8. The summed E-state index contributed by atoms with van der Waals surface area (Å²) >= 11 is 0. The largest absolute Gasteiger partial charge is 0.322 e. The minimum absolute atomic E-state index is 0.621. The Balaban J connectivity index is 1.16. The van der Waals surface area contributed by atoms with Crippen molar-refractivity contribution in [1.29, 1.82) is 0 Å². The predicted molar refractivity (Wildman–Crippen MR) is 242 cm³/mol. The van der Waals surface area contributed by atoms with Gasteiger partial charge in [0.05, 0.1) is 22.1 Å². The van der Waals surface area contributed by atoms with Crippen molar-refractivity contribution < 1.29 is 0 Å². The number of para-hydroxylation sites is 4. The van der Waals surface area contributed by atoms with Crippen LogP contribution in [-0.4, -0.2) is 9.13 Å². The molecule has 272 valence electrons. The summed E-state index contributed by atoms with van der Waals surface area (Å²) in [7, 11) is 0. The van der Waals surface area contributed by atoms with Gasteiger partial charge in [0.15, 0.2) is 0 Å². The Hall–Kier alpha value is -7.62. The Kier molecular flexibility index (Phi) is 7.14. The average molecular weight is 740 g/mol. The van der Waals surface area contributed by atoms with E-state index in [1.54, 1.807) is 0 Å². The second-order valence-corrected chi connectivity index (χ2v) is 15.3. The zero-order valence-corrected chi connectivity index (χ0v) is 31.7. The van der Waals surface area contributed by atoms with Crippen LogP contribution in [0.25, 0.3) is 60.4 Å². The molecule has 1 aliphatic rings. The molecule has 3 nitrogen and oxygen atoms in total. The summed E-state index contributed by atoms with van der Waals surface area (Å²) in [5, 5.41) is 4.92. The predicted octanol–water partition coefficient (Wildman–Crippen LogP) is 14.2. The smallest absolute Gasteiger partial charge is 0.122 e.